The number of hydrogen-bond acceptors (Lipinski definition) is 3. The van der Waals surface area contributed by atoms with E-state index in [4.69, 9.17) is 4.42 Å². The first-order valence-electron chi connectivity index (χ1n) is 5.25. The summed E-state index contributed by atoms with van der Waals surface area (Å²) in [6, 6.07) is 12.5. The van der Waals surface area contributed by atoms with Crippen LogP contribution in [-0.4, -0.2) is 21.3 Å². The maximum absolute atomic E-state index is 11.4. The summed E-state index contributed by atoms with van der Waals surface area (Å²) < 4.78 is 16.7. The molecule has 2 atom stereocenters. The minimum absolute atomic E-state index is 0.116. The fourth-order valence-corrected chi connectivity index (χ4v) is 2.72. The van der Waals surface area contributed by atoms with Crippen LogP contribution < -0.4 is 0 Å². The second-order valence-electron chi connectivity index (χ2n) is 3.92. The van der Waals surface area contributed by atoms with Crippen molar-refractivity contribution in [2.24, 2.45) is 0 Å². The molecule has 3 nitrogen and oxygen atoms in total. The molecule has 0 saturated carbocycles. The Balaban J connectivity index is 2.48. The van der Waals surface area contributed by atoms with E-state index in [0.29, 0.717) is 11.3 Å². The average molecular weight is 250 g/mol. The Morgan fingerprint density at radius 2 is 1.94 bits per heavy atom. The van der Waals surface area contributed by atoms with Crippen LogP contribution >= 0.6 is 0 Å². The summed E-state index contributed by atoms with van der Waals surface area (Å²) in [5, 5.41) is 10.7. The molecule has 1 aromatic carbocycles. The minimum Gasteiger partial charge on any atom is -0.466 e. The summed E-state index contributed by atoms with van der Waals surface area (Å²) in [6.45, 7) is 0. The van der Waals surface area contributed by atoms with Crippen LogP contribution in [0.2, 0.25) is 0 Å². The topological polar surface area (TPSA) is 50.4 Å². The van der Waals surface area contributed by atoms with Crippen LogP contribution in [0.3, 0.4) is 0 Å². The lowest BCUT2D eigenvalue weighted by atomic mass is 9.93. The van der Waals surface area contributed by atoms with Crippen LogP contribution in [0, 0.1) is 0 Å². The number of furan rings is 1. The van der Waals surface area contributed by atoms with Crippen LogP contribution in [0.1, 0.15) is 11.3 Å². The zero-order valence-electron chi connectivity index (χ0n) is 9.50. The van der Waals surface area contributed by atoms with Crippen molar-refractivity contribution in [3.63, 3.8) is 0 Å². The SMILES string of the molecule is C[S@@](=O)C[C@](O)(c1ccccc1)c1ccco1. The van der Waals surface area contributed by atoms with E-state index in [0.717, 1.165) is 0 Å². The third-order valence-corrected chi connectivity index (χ3v) is 3.42. The zero-order valence-corrected chi connectivity index (χ0v) is 10.3. The molecule has 0 bridgehead atoms. The highest BCUT2D eigenvalue weighted by Crippen LogP contribution is 2.30. The molecule has 2 rings (SSSR count). The van der Waals surface area contributed by atoms with E-state index in [1.54, 1.807) is 30.5 Å². The fraction of sp³-hybridized carbons (Fsp3) is 0.231. The van der Waals surface area contributed by atoms with Gasteiger partial charge in [0.15, 0.2) is 5.60 Å². The molecular weight excluding hydrogens is 236 g/mol. The van der Waals surface area contributed by atoms with E-state index in [9.17, 15) is 9.32 Å². The van der Waals surface area contributed by atoms with Crippen molar-refractivity contribution in [1.29, 1.82) is 0 Å². The molecule has 0 amide bonds. The van der Waals surface area contributed by atoms with Gasteiger partial charge in [0, 0.05) is 17.1 Å². The fourth-order valence-electron chi connectivity index (χ4n) is 1.82. The standard InChI is InChI=1S/C13H14O3S/c1-17(15)10-13(14,12-8-5-9-16-12)11-6-3-2-4-7-11/h2-9,14H,10H2,1H3/t13-,17+/m0/s1. The Bertz CT molecular complexity index is 493. The summed E-state index contributed by atoms with van der Waals surface area (Å²) in [5.41, 5.74) is -0.644. The Hall–Kier alpha value is -1.39. The highest BCUT2D eigenvalue weighted by Gasteiger charge is 2.35. The second kappa shape index (κ2) is 4.85. The predicted molar refractivity (Wildman–Crippen MR) is 67.1 cm³/mol. The molecule has 0 saturated heterocycles. The van der Waals surface area contributed by atoms with Gasteiger partial charge in [0.1, 0.15) is 5.76 Å². The second-order valence-corrected chi connectivity index (χ2v) is 5.36. The first kappa shape index (κ1) is 12.1. The lowest BCUT2D eigenvalue weighted by Gasteiger charge is -2.25. The largest absolute Gasteiger partial charge is 0.466 e. The van der Waals surface area contributed by atoms with Gasteiger partial charge in [0.05, 0.1) is 12.0 Å². The highest BCUT2D eigenvalue weighted by molar-refractivity contribution is 7.84. The molecule has 0 unspecified atom stereocenters. The number of hydrogen-bond donors (Lipinski definition) is 1. The van der Waals surface area contributed by atoms with Gasteiger partial charge in [0.2, 0.25) is 0 Å². The molecule has 0 aliphatic heterocycles. The van der Waals surface area contributed by atoms with Crippen molar-refractivity contribution in [2.75, 3.05) is 12.0 Å². The van der Waals surface area contributed by atoms with Gasteiger partial charge >= 0.3 is 0 Å². The van der Waals surface area contributed by atoms with Crippen LogP contribution in [-0.2, 0) is 16.4 Å². The lowest BCUT2D eigenvalue weighted by Crippen LogP contribution is -2.33. The zero-order chi connectivity index (χ0) is 12.3. The molecule has 0 radical (unpaired) electrons. The Morgan fingerprint density at radius 1 is 1.24 bits per heavy atom. The van der Waals surface area contributed by atoms with E-state index in [1.807, 2.05) is 18.2 Å². The number of rotatable bonds is 4. The van der Waals surface area contributed by atoms with Gasteiger partial charge in [-0.1, -0.05) is 30.3 Å². The Morgan fingerprint density at radius 3 is 2.47 bits per heavy atom. The van der Waals surface area contributed by atoms with Crippen molar-refractivity contribution >= 4 is 10.8 Å². The van der Waals surface area contributed by atoms with E-state index >= 15 is 0 Å². The highest BCUT2D eigenvalue weighted by atomic mass is 32.2. The molecule has 0 aliphatic rings. The van der Waals surface area contributed by atoms with Gasteiger partial charge < -0.3 is 9.52 Å². The molecule has 1 heterocycles. The maximum atomic E-state index is 11.4. The third-order valence-electron chi connectivity index (χ3n) is 2.59. The first-order valence-corrected chi connectivity index (χ1v) is 6.97. The normalized spacial score (nSPS) is 16.4. The van der Waals surface area contributed by atoms with E-state index < -0.39 is 16.4 Å². The van der Waals surface area contributed by atoms with Crippen LogP contribution in [0.5, 0.6) is 0 Å². The van der Waals surface area contributed by atoms with Crippen LogP contribution in [0.4, 0.5) is 0 Å². The average Bonchev–Trinajstić information content (AvgIpc) is 2.83. The van der Waals surface area contributed by atoms with Gasteiger partial charge in [-0.3, -0.25) is 4.21 Å². The van der Waals surface area contributed by atoms with Gasteiger partial charge in [-0.2, -0.15) is 0 Å². The summed E-state index contributed by atoms with van der Waals surface area (Å²) in [4.78, 5) is 0. The minimum atomic E-state index is -1.33. The molecule has 4 heteroatoms. The van der Waals surface area contributed by atoms with E-state index in [1.165, 1.54) is 6.26 Å². The maximum Gasteiger partial charge on any atom is 0.158 e. The van der Waals surface area contributed by atoms with Crippen LogP contribution in [0.15, 0.2) is 53.1 Å². The van der Waals surface area contributed by atoms with Crippen molar-refractivity contribution < 1.29 is 13.7 Å². The molecule has 2 aromatic rings. The Kier molecular flexibility index (Phi) is 3.45. The monoisotopic (exact) mass is 250 g/mol. The van der Waals surface area contributed by atoms with Gasteiger partial charge in [-0.15, -0.1) is 0 Å². The van der Waals surface area contributed by atoms with Crippen molar-refractivity contribution in [3.05, 3.63) is 60.1 Å². The smallest absolute Gasteiger partial charge is 0.158 e. The molecule has 0 spiro atoms. The van der Waals surface area contributed by atoms with Crippen molar-refractivity contribution in [1.82, 2.24) is 0 Å². The Labute approximate surface area is 103 Å². The third kappa shape index (κ3) is 2.48. The van der Waals surface area contributed by atoms with Crippen LogP contribution in [0.25, 0.3) is 0 Å². The predicted octanol–water partition coefficient (Wildman–Crippen LogP) is 1.89. The number of benzene rings is 1. The molecule has 0 fully saturated rings. The van der Waals surface area contributed by atoms with Gasteiger partial charge in [-0.05, 0) is 17.7 Å². The summed E-state index contributed by atoms with van der Waals surface area (Å²) in [6.07, 6.45) is 3.07. The van der Waals surface area contributed by atoms with Crippen molar-refractivity contribution in [2.45, 2.75) is 5.60 Å². The molecule has 1 aromatic heterocycles. The molecule has 1 N–H and O–H groups in total. The summed E-state index contributed by atoms with van der Waals surface area (Å²) in [5.74, 6) is 0.531. The van der Waals surface area contributed by atoms with E-state index in [2.05, 4.69) is 0 Å². The molecular formula is C13H14O3S. The summed E-state index contributed by atoms with van der Waals surface area (Å²) in [7, 11) is -1.13. The quantitative estimate of drug-likeness (QED) is 0.901. The first-order chi connectivity index (χ1) is 8.13. The van der Waals surface area contributed by atoms with Gasteiger partial charge in [0.25, 0.3) is 0 Å². The number of aliphatic hydroxyl groups is 1. The van der Waals surface area contributed by atoms with E-state index in [-0.39, 0.29) is 5.75 Å². The summed E-state index contributed by atoms with van der Waals surface area (Å²) >= 11 is 0. The lowest BCUT2D eigenvalue weighted by molar-refractivity contribution is 0.0809. The van der Waals surface area contributed by atoms with Gasteiger partial charge in [-0.25, -0.2) is 0 Å². The molecule has 0 aliphatic carbocycles. The molecule has 90 valence electrons. The van der Waals surface area contributed by atoms with Crippen molar-refractivity contribution in [3.8, 4) is 0 Å². The molecule has 17 heavy (non-hydrogen) atoms.